The van der Waals surface area contributed by atoms with E-state index in [2.05, 4.69) is 25.8 Å². The number of nitrogens with zero attached hydrogens (tertiary/aromatic N) is 3. The smallest absolute Gasteiger partial charge is 0.320 e. The normalized spacial score (nSPS) is 20.6. The zero-order valence-electron chi connectivity index (χ0n) is 13.2. The Kier molecular flexibility index (Phi) is 5.39. The second-order valence-electron chi connectivity index (χ2n) is 6.22. The van der Waals surface area contributed by atoms with Crippen LogP contribution in [0.15, 0.2) is 0 Å². The molecule has 1 heterocycles. The number of likely N-dealkylation sites (N-methyl/N-ethyl adjacent to an activating group) is 1. The van der Waals surface area contributed by atoms with E-state index < -0.39 is 11.9 Å². The van der Waals surface area contributed by atoms with Gasteiger partial charge in [-0.05, 0) is 27.8 Å². The first-order valence-electron chi connectivity index (χ1n) is 7.17. The van der Waals surface area contributed by atoms with Crippen molar-refractivity contribution in [2.75, 3.05) is 39.8 Å². The lowest BCUT2D eigenvalue weighted by atomic mass is 10.00. The van der Waals surface area contributed by atoms with Crippen LogP contribution in [0.4, 0.5) is 4.79 Å². The minimum Gasteiger partial charge on any atom is -0.481 e. The Labute approximate surface area is 121 Å². The Morgan fingerprint density at radius 1 is 1.35 bits per heavy atom. The van der Waals surface area contributed by atoms with Crippen molar-refractivity contribution in [3.8, 4) is 0 Å². The first-order chi connectivity index (χ1) is 9.19. The van der Waals surface area contributed by atoms with Crippen LogP contribution in [0.5, 0.6) is 0 Å². The molecule has 0 saturated carbocycles. The van der Waals surface area contributed by atoms with Crippen LogP contribution in [0.25, 0.3) is 0 Å². The maximum atomic E-state index is 12.5. The first kappa shape index (κ1) is 16.8. The highest BCUT2D eigenvalue weighted by atomic mass is 16.4. The lowest BCUT2D eigenvalue weighted by Crippen LogP contribution is -2.61. The molecule has 0 aromatic rings. The van der Waals surface area contributed by atoms with E-state index in [-0.39, 0.29) is 18.1 Å². The van der Waals surface area contributed by atoms with Gasteiger partial charge in [-0.2, -0.15) is 0 Å². The third-order valence-corrected chi connectivity index (χ3v) is 4.16. The molecule has 1 N–H and O–H groups in total. The van der Waals surface area contributed by atoms with Gasteiger partial charge in [-0.25, -0.2) is 4.79 Å². The summed E-state index contributed by atoms with van der Waals surface area (Å²) in [5, 5.41) is 8.98. The molecule has 1 aliphatic heterocycles. The molecular formula is C14H27N3O3. The number of hydrogen-bond donors (Lipinski definition) is 1. The Morgan fingerprint density at radius 2 is 1.95 bits per heavy atom. The number of piperazine rings is 1. The number of urea groups is 1. The van der Waals surface area contributed by atoms with E-state index in [1.165, 1.54) is 0 Å². The van der Waals surface area contributed by atoms with Gasteiger partial charge < -0.3 is 14.9 Å². The molecule has 1 rings (SSSR count). The third kappa shape index (κ3) is 3.85. The summed E-state index contributed by atoms with van der Waals surface area (Å²) in [5.41, 5.74) is -0.0499. The molecule has 0 bridgehead atoms. The fraction of sp³-hybridized carbons (Fsp3) is 0.857. The SMILES string of the molecule is CCN(CC(C)C(=O)O)C(=O)N1CCN(C)C(C)(C)C1. The monoisotopic (exact) mass is 285 g/mol. The van der Waals surface area contributed by atoms with Crippen molar-refractivity contribution >= 4 is 12.0 Å². The highest BCUT2D eigenvalue weighted by Crippen LogP contribution is 2.20. The Hall–Kier alpha value is -1.30. The van der Waals surface area contributed by atoms with Crippen LogP contribution in [0.1, 0.15) is 27.7 Å². The molecule has 0 aromatic carbocycles. The lowest BCUT2D eigenvalue weighted by Gasteiger charge is -2.46. The zero-order valence-corrected chi connectivity index (χ0v) is 13.2. The zero-order chi connectivity index (χ0) is 15.5. The minimum atomic E-state index is -0.866. The highest BCUT2D eigenvalue weighted by molar-refractivity contribution is 5.76. The van der Waals surface area contributed by atoms with Gasteiger partial charge in [-0.3, -0.25) is 9.69 Å². The van der Waals surface area contributed by atoms with E-state index in [0.29, 0.717) is 19.6 Å². The maximum Gasteiger partial charge on any atom is 0.320 e. The van der Waals surface area contributed by atoms with E-state index in [1.807, 2.05) is 11.8 Å². The van der Waals surface area contributed by atoms with Crippen molar-refractivity contribution in [1.82, 2.24) is 14.7 Å². The van der Waals surface area contributed by atoms with Gasteiger partial charge in [0.1, 0.15) is 0 Å². The quantitative estimate of drug-likeness (QED) is 0.842. The van der Waals surface area contributed by atoms with Gasteiger partial charge in [0.25, 0.3) is 0 Å². The van der Waals surface area contributed by atoms with E-state index >= 15 is 0 Å². The Bertz CT molecular complexity index is 371. The number of carbonyl (C=O) groups is 2. The number of aliphatic carboxylic acids is 1. The molecule has 1 aliphatic rings. The van der Waals surface area contributed by atoms with Crippen LogP contribution in [0, 0.1) is 5.92 Å². The molecule has 1 fully saturated rings. The van der Waals surface area contributed by atoms with Gasteiger partial charge in [0, 0.05) is 38.3 Å². The summed E-state index contributed by atoms with van der Waals surface area (Å²) in [4.78, 5) is 29.2. The summed E-state index contributed by atoms with van der Waals surface area (Å²) >= 11 is 0. The summed E-state index contributed by atoms with van der Waals surface area (Å²) in [6.07, 6.45) is 0. The first-order valence-corrected chi connectivity index (χ1v) is 7.17. The molecular weight excluding hydrogens is 258 g/mol. The topological polar surface area (TPSA) is 64.1 Å². The largest absolute Gasteiger partial charge is 0.481 e. The molecule has 0 aromatic heterocycles. The van der Waals surface area contributed by atoms with Crippen LogP contribution in [-0.4, -0.2) is 77.1 Å². The van der Waals surface area contributed by atoms with Crippen LogP contribution in [0.2, 0.25) is 0 Å². The van der Waals surface area contributed by atoms with Crippen molar-refractivity contribution < 1.29 is 14.7 Å². The van der Waals surface area contributed by atoms with Gasteiger partial charge in [0.15, 0.2) is 0 Å². The molecule has 0 spiro atoms. The fourth-order valence-electron chi connectivity index (χ4n) is 2.35. The lowest BCUT2D eigenvalue weighted by molar-refractivity contribution is -0.141. The average molecular weight is 285 g/mol. The molecule has 0 radical (unpaired) electrons. The summed E-state index contributed by atoms with van der Waals surface area (Å²) in [6.45, 7) is 10.7. The average Bonchev–Trinajstić information content (AvgIpc) is 2.37. The summed E-state index contributed by atoms with van der Waals surface area (Å²) < 4.78 is 0. The van der Waals surface area contributed by atoms with Crippen molar-refractivity contribution in [3.05, 3.63) is 0 Å². The third-order valence-electron chi connectivity index (χ3n) is 4.16. The van der Waals surface area contributed by atoms with Crippen molar-refractivity contribution in [2.24, 2.45) is 5.92 Å². The molecule has 20 heavy (non-hydrogen) atoms. The molecule has 116 valence electrons. The van der Waals surface area contributed by atoms with E-state index in [9.17, 15) is 9.59 Å². The second kappa shape index (κ2) is 6.43. The Morgan fingerprint density at radius 3 is 2.40 bits per heavy atom. The van der Waals surface area contributed by atoms with E-state index in [1.54, 1.807) is 11.8 Å². The molecule has 0 aliphatic carbocycles. The van der Waals surface area contributed by atoms with Crippen LogP contribution >= 0.6 is 0 Å². The number of carboxylic acids is 1. The standard InChI is InChI=1S/C14H27N3O3/c1-6-16(9-11(2)12(18)19)13(20)17-8-7-15(5)14(3,4)10-17/h11H,6-10H2,1-5H3,(H,18,19). The molecule has 1 atom stereocenters. The van der Waals surface area contributed by atoms with E-state index in [4.69, 9.17) is 5.11 Å². The molecule has 1 saturated heterocycles. The van der Waals surface area contributed by atoms with Crippen molar-refractivity contribution in [1.29, 1.82) is 0 Å². The summed E-state index contributed by atoms with van der Waals surface area (Å²) in [7, 11) is 2.06. The van der Waals surface area contributed by atoms with Crippen molar-refractivity contribution in [3.63, 3.8) is 0 Å². The summed E-state index contributed by atoms with van der Waals surface area (Å²) in [6, 6.07) is -0.0539. The number of hydrogen-bond acceptors (Lipinski definition) is 3. The van der Waals surface area contributed by atoms with Crippen LogP contribution < -0.4 is 0 Å². The minimum absolute atomic E-state index is 0.0499. The predicted octanol–water partition coefficient (Wildman–Crippen LogP) is 1.17. The number of amides is 2. The van der Waals surface area contributed by atoms with Crippen molar-refractivity contribution in [2.45, 2.75) is 33.2 Å². The van der Waals surface area contributed by atoms with Crippen LogP contribution in [-0.2, 0) is 4.79 Å². The van der Waals surface area contributed by atoms with Crippen LogP contribution in [0.3, 0.4) is 0 Å². The number of carbonyl (C=O) groups excluding carboxylic acids is 1. The molecule has 6 nitrogen and oxygen atoms in total. The van der Waals surface area contributed by atoms with Gasteiger partial charge in [0.05, 0.1) is 5.92 Å². The predicted molar refractivity (Wildman–Crippen MR) is 77.7 cm³/mol. The molecule has 1 unspecified atom stereocenters. The fourth-order valence-corrected chi connectivity index (χ4v) is 2.35. The number of carboxylic acid groups (broad SMARTS) is 1. The highest BCUT2D eigenvalue weighted by Gasteiger charge is 2.35. The summed E-state index contributed by atoms with van der Waals surface area (Å²) in [5.74, 6) is -1.41. The second-order valence-corrected chi connectivity index (χ2v) is 6.22. The number of rotatable bonds is 4. The Balaban J connectivity index is 2.69. The van der Waals surface area contributed by atoms with Gasteiger partial charge in [0.2, 0.25) is 0 Å². The van der Waals surface area contributed by atoms with Gasteiger partial charge >= 0.3 is 12.0 Å². The van der Waals surface area contributed by atoms with E-state index in [0.717, 1.165) is 6.54 Å². The molecule has 6 heteroatoms. The maximum absolute atomic E-state index is 12.5. The molecule has 2 amide bonds. The van der Waals surface area contributed by atoms with Gasteiger partial charge in [-0.15, -0.1) is 0 Å². The van der Waals surface area contributed by atoms with Gasteiger partial charge in [-0.1, -0.05) is 6.92 Å².